The second-order valence-corrected chi connectivity index (χ2v) is 6.26. The number of aryl methyl sites for hydroxylation is 1. The van der Waals surface area contributed by atoms with E-state index in [9.17, 15) is 14.9 Å². The van der Waals surface area contributed by atoms with Crippen LogP contribution in [0.15, 0.2) is 65.9 Å². The Morgan fingerprint density at radius 3 is 2.65 bits per heavy atom. The van der Waals surface area contributed by atoms with Crippen LogP contribution in [0.4, 0.5) is 16.2 Å². The van der Waals surface area contributed by atoms with Gasteiger partial charge in [-0.15, -0.1) is 0 Å². The number of aromatic nitrogens is 1. The van der Waals surface area contributed by atoms with Crippen molar-refractivity contribution in [3.05, 3.63) is 82.0 Å². The van der Waals surface area contributed by atoms with Gasteiger partial charge < -0.3 is 14.8 Å². The molecule has 0 aliphatic heterocycles. The number of ether oxygens (including phenoxy) is 2. The second kappa shape index (κ2) is 9.83. The van der Waals surface area contributed by atoms with Gasteiger partial charge in [0, 0.05) is 17.8 Å². The monoisotopic (exact) mass is 421 g/mol. The summed E-state index contributed by atoms with van der Waals surface area (Å²) in [7, 11) is 1.47. The summed E-state index contributed by atoms with van der Waals surface area (Å²) in [5, 5.41) is 17.3. The molecule has 0 fully saturated rings. The number of rotatable bonds is 7. The molecule has 1 aromatic heterocycles. The highest BCUT2D eigenvalue weighted by Gasteiger charge is 2.10. The van der Waals surface area contributed by atoms with Crippen molar-refractivity contribution in [3.8, 4) is 17.4 Å². The molecule has 10 nitrogen and oxygen atoms in total. The van der Waals surface area contributed by atoms with Gasteiger partial charge in [0.15, 0.2) is 11.5 Å². The van der Waals surface area contributed by atoms with Crippen LogP contribution in [-0.2, 0) is 0 Å². The first-order valence-corrected chi connectivity index (χ1v) is 9.08. The molecule has 3 aromatic rings. The van der Waals surface area contributed by atoms with Gasteiger partial charge in [0.2, 0.25) is 5.88 Å². The second-order valence-electron chi connectivity index (χ2n) is 6.26. The van der Waals surface area contributed by atoms with Gasteiger partial charge in [0.05, 0.1) is 18.2 Å². The Morgan fingerprint density at radius 1 is 1.16 bits per heavy atom. The predicted molar refractivity (Wildman–Crippen MR) is 115 cm³/mol. The number of benzene rings is 2. The molecule has 0 aliphatic rings. The number of hydrazone groups is 1. The molecular formula is C21H19N5O5. The molecule has 0 aliphatic carbocycles. The van der Waals surface area contributed by atoms with Crippen LogP contribution in [0.3, 0.4) is 0 Å². The van der Waals surface area contributed by atoms with Gasteiger partial charge in [-0.05, 0) is 42.3 Å². The van der Waals surface area contributed by atoms with Crippen molar-refractivity contribution in [2.24, 2.45) is 5.10 Å². The largest absolute Gasteiger partial charge is 0.493 e. The van der Waals surface area contributed by atoms with Crippen molar-refractivity contribution in [2.45, 2.75) is 6.92 Å². The summed E-state index contributed by atoms with van der Waals surface area (Å²) < 4.78 is 10.9. The third-order valence-corrected chi connectivity index (χ3v) is 4.11. The third-order valence-electron chi connectivity index (χ3n) is 4.11. The van der Waals surface area contributed by atoms with Crippen molar-refractivity contribution in [2.75, 3.05) is 12.4 Å². The summed E-state index contributed by atoms with van der Waals surface area (Å²) in [4.78, 5) is 26.0. The lowest BCUT2D eigenvalue weighted by molar-refractivity contribution is -0.385. The third kappa shape index (κ3) is 5.76. The van der Waals surface area contributed by atoms with Gasteiger partial charge in [0.1, 0.15) is 6.20 Å². The van der Waals surface area contributed by atoms with E-state index in [2.05, 4.69) is 20.8 Å². The fourth-order valence-electron chi connectivity index (χ4n) is 2.53. The van der Waals surface area contributed by atoms with E-state index in [1.54, 1.807) is 24.3 Å². The average Bonchev–Trinajstić information content (AvgIpc) is 2.76. The highest BCUT2D eigenvalue weighted by Crippen LogP contribution is 2.31. The van der Waals surface area contributed by atoms with E-state index < -0.39 is 11.0 Å². The maximum Gasteiger partial charge on any atom is 0.339 e. The number of carbonyl (C=O) groups is 1. The van der Waals surface area contributed by atoms with Gasteiger partial charge >= 0.3 is 6.03 Å². The van der Waals surface area contributed by atoms with Crippen molar-refractivity contribution in [1.82, 2.24) is 10.4 Å². The van der Waals surface area contributed by atoms with E-state index >= 15 is 0 Å². The van der Waals surface area contributed by atoms with Crippen molar-refractivity contribution in [1.29, 1.82) is 0 Å². The Balaban J connectivity index is 1.63. The minimum atomic E-state index is -0.541. The zero-order valence-corrected chi connectivity index (χ0v) is 16.7. The van der Waals surface area contributed by atoms with Crippen LogP contribution in [0.2, 0.25) is 0 Å². The molecule has 0 bridgehead atoms. The zero-order chi connectivity index (χ0) is 22.2. The number of nitrogens with zero attached hydrogens (tertiary/aromatic N) is 3. The number of carbonyl (C=O) groups excluding carboxylic acids is 1. The molecule has 0 saturated carbocycles. The zero-order valence-electron chi connectivity index (χ0n) is 16.7. The lowest BCUT2D eigenvalue weighted by Gasteiger charge is -2.10. The lowest BCUT2D eigenvalue weighted by atomic mass is 10.2. The van der Waals surface area contributed by atoms with Crippen LogP contribution in [0.5, 0.6) is 17.4 Å². The van der Waals surface area contributed by atoms with Crippen LogP contribution < -0.4 is 20.2 Å². The number of para-hydroxylation sites is 1. The molecule has 2 N–H and O–H groups in total. The molecule has 0 unspecified atom stereocenters. The summed E-state index contributed by atoms with van der Waals surface area (Å²) in [6.07, 6.45) is 2.56. The molecule has 0 atom stereocenters. The minimum absolute atomic E-state index is 0.134. The Hall–Kier alpha value is -4.47. The SMILES string of the molecule is COc1cc(C=NNC(=O)Nc2ccccc2C)ccc1Oc1ccc([N+](=O)[O-])cn1. The van der Waals surface area contributed by atoms with E-state index in [0.29, 0.717) is 22.7 Å². The average molecular weight is 421 g/mol. The summed E-state index contributed by atoms with van der Waals surface area (Å²) >= 11 is 0. The Morgan fingerprint density at radius 2 is 1.97 bits per heavy atom. The number of amides is 2. The minimum Gasteiger partial charge on any atom is -0.493 e. The van der Waals surface area contributed by atoms with E-state index in [1.807, 2.05) is 25.1 Å². The summed E-state index contributed by atoms with van der Waals surface area (Å²) in [6, 6.07) is 14.6. The van der Waals surface area contributed by atoms with E-state index in [-0.39, 0.29) is 11.6 Å². The lowest BCUT2D eigenvalue weighted by Crippen LogP contribution is -2.24. The molecule has 0 saturated heterocycles. The molecule has 0 radical (unpaired) electrons. The van der Waals surface area contributed by atoms with E-state index in [0.717, 1.165) is 11.8 Å². The van der Waals surface area contributed by atoms with E-state index in [4.69, 9.17) is 9.47 Å². The van der Waals surface area contributed by atoms with E-state index in [1.165, 1.54) is 25.5 Å². The topological polar surface area (TPSA) is 128 Å². The molecule has 10 heteroatoms. The predicted octanol–water partition coefficient (Wildman–Crippen LogP) is 4.25. The Labute approximate surface area is 177 Å². The number of nitrogens with one attached hydrogen (secondary N) is 2. The van der Waals surface area contributed by atoms with Crippen LogP contribution in [-0.4, -0.2) is 29.3 Å². The van der Waals surface area contributed by atoms with Crippen molar-refractivity contribution in [3.63, 3.8) is 0 Å². The summed E-state index contributed by atoms with van der Waals surface area (Å²) in [6.45, 7) is 1.89. The smallest absolute Gasteiger partial charge is 0.339 e. The van der Waals surface area contributed by atoms with Crippen molar-refractivity contribution >= 4 is 23.6 Å². The molecule has 2 aromatic carbocycles. The maximum absolute atomic E-state index is 12.0. The quantitative estimate of drug-likeness (QED) is 0.333. The van der Waals surface area contributed by atoms with Gasteiger partial charge in [-0.2, -0.15) is 5.10 Å². The molecule has 0 spiro atoms. The summed E-state index contributed by atoms with van der Waals surface area (Å²) in [5.74, 6) is 0.944. The van der Waals surface area contributed by atoms with Crippen LogP contribution >= 0.6 is 0 Å². The molecule has 1 heterocycles. The van der Waals surface area contributed by atoms with Crippen molar-refractivity contribution < 1.29 is 19.2 Å². The number of hydrogen-bond acceptors (Lipinski definition) is 7. The highest BCUT2D eigenvalue weighted by molar-refractivity contribution is 5.91. The fourth-order valence-corrected chi connectivity index (χ4v) is 2.53. The standard InChI is InChI=1S/C21H19N5O5/c1-14-5-3-4-6-17(14)24-21(27)25-23-12-15-7-9-18(19(11-15)30-2)31-20-10-8-16(13-22-20)26(28)29/h3-13H,1-2H3,(H2,24,25,27). The first kappa shape index (κ1) is 21.2. The molecule has 3 rings (SSSR count). The molecule has 2 amide bonds. The van der Waals surface area contributed by atoms with Gasteiger partial charge in [0.25, 0.3) is 5.69 Å². The van der Waals surface area contributed by atoms with Gasteiger partial charge in [-0.1, -0.05) is 18.2 Å². The number of anilines is 1. The van der Waals surface area contributed by atoms with Gasteiger partial charge in [-0.3, -0.25) is 10.1 Å². The number of nitro groups is 1. The fraction of sp³-hybridized carbons (Fsp3) is 0.0952. The normalized spacial score (nSPS) is 10.5. The number of hydrogen-bond donors (Lipinski definition) is 2. The summed E-state index contributed by atoms with van der Waals surface area (Å²) in [5.41, 5.74) is 4.54. The number of urea groups is 1. The highest BCUT2D eigenvalue weighted by atomic mass is 16.6. The Bertz CT molecular complexity index is 1120. The first-order valence-electron chi connectivity index (χ1n) is 9.08. The van der Waals surface area contributed by atoms with Crippen LogP contribution in [0, 0.1) is 17.0 Å². The molecule has 158 valence electrons. The molecular weight excluding hydrogens is 402 g/mol. The number of pyridine rings is 1. The number of methoxy groups -OCH3 is 1. The maximum atomic E-state index is 12.0. The van der Waals surface area contributed by atoms with Crippen LogP contribution in [0.1, 0.15) is 11.1 Å². The first-order chi connectivity index (χ1) is 15.0. The molecule has 31 heavy (non-hydrogen) atoms. The van der Waals surface area contributed by atoms with Crippen LogP contribution in [0.25, 0.3) is 0 Å². The van der Waals surface area contributed by atoms with Gasteiger partial charge in [-0.25, -0.2) is 15.2 Å². The Kier molecular flexibility index (Phi) is 6.74.